The van der Waals surface area contributed by atoms with Crippen molar-refractivity contribution in [3.8, 4) is 0 Å². The number of benzene rings is 1. The van der Waals surface area contributed by atoms with E-state index in [0.717, 1.165) is 12.5 Å². The Morgan fingerprint density at radius 2 is 2.12 bits per heavy atom. The second-order valence-corrected chi connectivity index (χ2v) is 6.28. The molecule has 4 nitrogen and oxygen atoms in total. The Morgan fingerprint density at radius 3 is 2.79 bits per heavy atom. The van der Waals surface area contributed by atoms with Crippen molar-refractivity contribution >= 4 is 5.91 Å². The molecule has 0 bridgehead atoms. The highest BCUT2D eigenvalue weighted by Gasteiger charge is 2.34. The highest BCUT2D eigenvalue weighted by molar-refractivity contribution is 5.92. The van der Waals surface area contributed by atoms with Crippen LogP contribution in [0.3, 0.4) is 0 Å². The zero-order valence-corrected chi connectivity index (χ0v) is 13.7. The molecule has 0 radical (unpaired) electrons. The number of halogens is 2. The van der Waals surface area contributed by atoms with Crippen LogP contribution in [0.25, 0.3) is 0 Å². The molecular formula is C18H20F2N2O2. The lowest BCUT2D eigenvalue weighted by Gasteiger charge is -2.36. The monoisotopic (exact) mass is 334 g/mol. The molecule has 1 N–H and O–H groups in total. The van der Waals surface area contributed by atoms with E-state index in [-0.39, 0.29) is 23.6 Å². The van der Waals surface area contributed by atoms with Crippen molar-refractivity contribution in [2.75, 3.05) is 0 Å². The minimum atomic E-state index is -0.580. The van der Waals surface area contributed by atoms with Crippen LogP contribution >= 0.6 is 0 Å². The van der Waals surface area contributed by atoms with Crippen LogP contribution in [-0.4, -0.2) is 16.9 Å². The van der Waals surface area contributed by atoms with Gasteiger partial charge in [0.2, 0.25) is 5.76 Å². The fourth-order valence-electron chi connectivity index (χ4n) is 3.06. The second-order valence-electron chi connectivity index (χ2n) is 6.28. The van der Waals surface area contributed by atoms with Gasteiger partial charge in [0.05, 0.1) is 5.69 Å². The Morgan fingerprint density at radius 1 is 1.38 bits per heavy atom. The molecule has 2 aromatic rings. The highest BCUT2D eigenvalue weighted by Crippen LogP contribution is 2.38. The molecule has 3 rings (SSSR count). The number of nitrogens with zero attached hydrogens (tertiary/aromatic N) is 1. The molecule has 1 aliphatic carbocycles. The number of amides is 1. The number of hydrogen-bond acceptors (Lipinski definition) is 3. The average Bonchev–Trinajstić information content (AvgIpc) is 2.84. The van der Waals surface area contributed by atoms with E-state index < -0.39 is 11.6 Å². The molecule has 128 valence electrons. The summed E-state index contributed by atoms with van der Waals surface area (Å²) in [6.07, 6.45) is 2.85. The quantitative estimate of drug-likeness (QED) is 0.902. The number of carbonyl (C=O) groups excluding carboxylic acids is 1. The van der Waals surface area contributed by atoms with Crippen LogP contribution in [-0.2, 0) is 6.42 Å². The molecule has 24 heavy (non-hydrogen) atoms. The Balaban J connectivity index is 1.58. The number of rotatable bonds is 5. The van der Waals surface area contributed by atoms with E-state index in [4.69, 9.17) is 4.42 Å². The Kier molecular flexibility index (Phi) is 4.64. The molecule has 6 heteroatoms. The summed E-state index contributed by atoms with van der Waals surface area (Å²) in [5.41, 5.74) is 1.08. The van der Waals surface area contributed by atoms with Gasteiger partial charge < -0.3 is 9.73 Å². The van der Waals surface area contributed by atoms with Gasteiger partial charge in [-0.3, -0.25) is 4.79 Å². The third-order valence-corrected chi connectivity index (χ3v) is 4.39. The Bertz CT molecular complexity index is 751. The van der Waals surface area contributed by atoms with Gasteiger partial charge in [-0.2, -0.15) is 0 Å². The molecule has 1 heterocycles. The zero-order valence-electron chi connectivity index (χ0n) is 13.7. The van der Waals surface area contributed by atoms with Crippen LogP contribution < -0.4 is 5.32 Å². The van der Waals surface area contributed by atoms with E-state index in [9.17, 15) is 13.6 Å². The van der Waals surface area contributed by atoms with E-state index in [1.165, 1.54) is 12.1 Å². The molecule has 1 aromatic heterocycles. The maximum Gasteiger partial charge on any atom is 0.289 e. The smallest absolute Gasteiger partial charge is 0.289 e. The first-order valence-corrected chi connectivity index (χ1v) is 8.20. The van der Waals surface area contributed by atoms with Crippen molar-refractivity contribution in [2.24, 2.45) is 0 Å². The van der Waals surface area contributed by atoms with Crippen molar-refractivity contribution in [3.05, 3.63) is 52.7 Å². The summed E-state index contributed by atoms with van der Waals surface area (Å²) in [5, 5.41) is 2.89. The molecule has 0 unspecified atom stereocenters. The third-order valence-electron chi connectivity index (χ3n) is 4.39. The zero-order chi connectivity index (χ0) is 17.3. The molecule has 0 aliphatic heterocycles. The lowest BCUT2D eigenvalue weighted by molar-refractivity contribution is 0.0877. The molecule has 1 saturated carbocycles. The number of aryl methyl sites for hydroxylation is 2. The largest absolute Gasteiger partial charge is 0.435 e. The fraction of sp³-hybridized carbons (Fsp3) is 0.444. The van der Waals surface area contributed by atoms with Gasteiger partial charge in [0, 0.05) is 18.5 Å². The second kappa shape index (κ2) is 6.71. The van der Waals surface area contributed by atoms with Crippen molar-refractivity contribution < 1.29 is 18.0 Å². The van der Waals surface area contributed by atoms with Crippen LogP contribution in [0.5, 0.6) is 0 Å². The maximum absolute atomic E-state index is 13.8. The van der Waals surface area contributed by atoms with E-state index in [0.29, 0.717) is 36.4 Å². The van der Waals surface area contributed by atoms with Crippen molar-refractivity contribution in [3.63, 3.8) is 0 Å². The lowest BCUT2D eigenvalue weighted by Crippen LogP contribution is -2.43. The first-order chi connectivity index (χ1) is 11.5. The number of carbonyl (C=O) groups is 1. The summed E-state index contributed by atoms with van der Waals surface area (Å²) in [7, 11) is 0. The summed E-state index contributed by atoms with van der Waals surface area (Å²) in [5.74, 6) is -0.577. The molecular weight excluding hydrogens is 314 g/mol. The number of hydrogen-bond donors (Lipinski definition) is 1. The maximum atomic E-state index is 13.8. The van der Waals surface area contributed by atoms with Crippen molar-refractivity contribution in [1.29, 1.82) is 0 Å². The summed E-state index contributed by atoms with van der Waals surface area (Å²) in [6, 6.07) is 3.60. The number of nitrogens with one attached hydrogen (secondary N) is 1. The normalized spacial score (nSPS) is 19.8. The lowest BCUT2D eigenvalue weighted by atomic mass is 9.75. The average molecular weight is 334 g/mol. The molecule has 1 amide bonds. The van der Waals surface area contributed by atoms with Crippen molar-refractivity contribution in [1.82, 2.24) is 10.3 Å². The molecule has 0 spiro atoms. The van der Waals surface area contributed by atoms with Gasteiger partial charge in [0.15, 0.2) is 5.89 Å². The van der Waals surface area contributed by atoms with Crippen LogP contribution in [0.1, 0.15) is 59.8 Å². The molecule has 0 atom stereocenters. The molecule has 1 aliphatic rings. The van der Waals surface area contributed by atoms with Crippen LogP contribution in [0, 0.1) is 18.6 Å². The summed E-state index contributed by atoms with van der Waals surface area (Å²) < 4.78 is 32.2. The fourth-order valence-corrected chi connectivity index (χ4v) is 3.06. The molecule has 1 aromatic carbocycles. The van der Waals surface area contributed by atoms with Gasteiger partial charge in [-0.15, -0.1) is 0 Å². The summed E-state index contributed by atoms with van der Waals surface area (Å²) in [6.45, 7) is 3.76. The van der Waals surface area contributed by atoms with Gasteiger partial charge in [-0.25, -0.2) is 13.8 Å². The standard InChI is InChI=1S/C18H20F2N2O2/c1-3-4-16-21-10(2)17(24-16)18(23)22-13-7-11(8-13)14-6-5-12(19)9-15(14)20/h5-6,9,11,13H,3-4,7-8H2,1-2H3,(H,22,23). The SMILES string of the molecule is CCCc1nc(C)c(C(=O)NC2CC(c3ccc(F)cc3F)C2)o1. The van der Waals surface area contributed by atoms with Gasteiger partial charge in [0.25, 0.3) is 5.91 Å². The summed E-state index contributed by atoms with van der Waals surface area (Å²) >= 11 is 0. The Labute approximate surface area is 139 Å². The van der Waals surface area contributed by atoms with Crippen LogP contribution in [0.4, 0.5) is 8.78 Å². The highest BCUT2D eigenvalue weighted by atomic mass is 19.1. The Hall–Kier alpha value is -2.24. The molecule has 1 fully saturated rings. The topological polar surface area (TPSA) is 55.1 Å². The van der Waals surface area contributed by atoms with Gasteiger partial charge >= 0.3 is 0 Å². The predicted octanol–water partition coefficient (Wildman–Crippen LogP) is 3.89. The number of oxazole rings is 1. The number of aromatic nitrogens is 1. The third kappa shape index (κ3) is 3.32. The van der Waals surface area contributed by atoms with E-state index in [1.54, 1.807) is 6.92 Å². The van der Waals surface area contributed by atoms with E-state index in [1.807, 2.05) is 6.92 Å². The van der Waals surface area contributed by atoms with Gasteiger partial charge in [-0.1, -0.05) is 13.0 Å². The first kappa shape index (κ1) is 16.6. The van der Waals surface area contributed by atoms with Crippen molar-refractivity contribution in [2.45, 2.75) is 51.5 Å². The van der Waals surface area contributed by atoms with E-state index in [2.05, 4.69) is 10.3 Å². The van der Waals surface area contributed by atoms with Crippen LogP contribution in [0.2, 0.25) is 0 Å². The van der Waals surface area contributed by atoms with Crippen LogP contribution in [0.15, 0.2) is 22.6 Å². The van der Waals surface area contributed by atoms with E-state index >= 15 is 0 Å². The minimum Gasteiger partial charge on any atom is -0.435 e. The van der Waals surface area contributed by atoms with Gasteiger partial charge in [0.1, 0.15) is 11.6 Å². The summed E-state index contributed by atoms with van der Waals surface area (Å²) in [4.78, 5) is 16.5. The predicted molar refractivity (Wildman–Crippen MR) is 84.8 cm³/mol. The minimum absolute atomic E-state index is 0.00220. The first-order valence-electron chi connectivity index (χ1n) is 8.20. The molecule has 0 saturated heterocycles. The van der Waals surface area contributed by atoms with Gasteiger partial charge in [-0.05, 0) is 43.7 Å².